The van der Waals surface area contributed by atoms with Crippen molar-refractivity contribution >= 4 is 40.7 Å². The SMILES string of the molecule is Cc1ccc(F)cc1[C@@H]1NC(=O)C[C@H](c2cc(Cl)ccc2Oc2ncccn2)[C@@]12C(=O)Nc1cc(Cl)ccc12. The fourth-order valence-electron chi connectivity index (χ4n) is 5.76. The molecule has 3 aromatic carbocycles. The number of benzene rings is 3. The van der Waals surface area contributed by atoms with Gasteiger partial charge in [-0.15, -0.1) is 0 Å². The molecule has 0 saturated carbocycles. The molecule has 1 saturated heterocycles. The molecular formula is C29H21Cl2FN4O3. The van der Waals surface area contributed by atoms with Crippen molar-refractivity contribution < 1.29 is 18.7 Å². The van der Waals surface area contributed by atoms with Crippen molar-refractivity contribution in [1.29, 1.82) is 0 Å². The van der Waals surface area contributed by atoms with Crippen LogP contribution in [0.3, 0.4) is 0 Å². The van der Waals surface area contributed by atoms with Crippen LogP contribution in [0, 0.1) is 12.7 Å². The van der Waals surface area contributed by atoms with Crippen molar-refractivity contribution in [3.63, 3.8) is 0 Å². The van der Waals surface area contributed by atoms with Crippen molar-refractivity contribution in [2.75, 3.05) is 5.32 Å². The molecule has 3 heterocycles. The van der Waals surface area contributed by atoms with Gasteiger partial charge in [-0.1, -0.05) is 35.3 Å². The van der Waals surface area contributed by atoms with E-state index >= 15 is 0 Å². The topological polar surface area (TPSA) is 93.2 Å². The Morgan fingerprint density at radius 3 is 2.51 bits per heavy atom. The van der Waals surface area contributed by atoms with Gasteiger partial charge in [0.15, 0.2) is 0 Å². The zero-order valence-corrected chi connectivity index (χ0v) is 22.1. The van der Waals surface area contributed by atoms with E-state index in [9.17, 15) is 14.0 Å². The summed E-state index contributed by atoms with van der Waals surface area (Å²) in [6, 6.07) is 15.3. The van der Waals surface area contributed by atoms with Gasteiger partial charge in [-0.25, -0.2) is 14.4 Å². The van der Waals surface area contributed by atoms with E-state index in [4.69, 9.17) is 27.9 Å². The number of anilines is 1. The number of fused-ring (bicyclic) bond motifs is 2. The second-order valence-electron chi connectivity index (χ2n) is 9.59. The van der Waals surface area contributed by atoms with E-state index in [0.29, 0.717) is 38.2 Å². The average Bonchev–Trinajstić information content (AvgIpc) is 3.19. The molecule has 0 aliphatic carbocycles. The van der Waals surface area contributed by atoms with Gasteiger partial charge >= 0.3 is 6.01 Å². The van der Waals surface area contributed by atoms with Crippen molar-refractivity contribution in [2.45, 2.75) is 30.7 Å². The molecule has 1 aromatic heterocycles. The number of hydrogen-bond acceptors (Lipinski definition) is 5. The summed E-state index contributed by atoms with van der Waals surface area (Å²) in [6.07, 6.45) is 3.02. The Hall–Kier alpha value is -4.01. The molecule has 2 aliphatic heterocycles. The molecule has 2 aliphatic rings. The predicted octanol–water partition coefficient (Wildman–Crippen LogP) is 6.26. The highest BCUT2D eigenvalue weighted by molar-refractivity contribution is 6.31. The van der Waals surface area contributed by atoms with Crippen LogP contribution < -0.4 is 15.4 Å². The minimum Gasteiger partial charge on any atom is -0.424 e. The van der Waals surface area contributed by atoms with Gasteiger partial charge in [-0.3, -0.25) is 9.59 Å². The number of halogens is 3. The summed E-state index contributed by atoms with van der Waals surface area (Å²) in [5.74, 6) is -1.57. The second kappa shape index (κ2) is 9.63. The number of aryl methyl sites for hydroxylation is 1. The van der Waals surface area contributed by atoms with Gasteiger partial charge in [0, 0.05) is 46.0 Å². The third-order valence-corrected chi connectivity index (χ3v) is 7.86. The Balaban J connectivity index is 1.63. The maximum absolute atomic E-state index is 14.6. The van der Waals surface area contributed by atoms with E-state index in [1.165, 1.54) is 12.1 Å². The summed E-state index contributed by atoms with van der Waals surface area (Å²) in [5, 5.41) is 6.80. The van der Waals surface area contributed by atoms with E-state index in [0.717, 1.165) is 5.56 Å². The lowest BCUT2D eigenvalue weighted by atomic mass is 9.59. The maximum Gasteiger partial charge on any atom is 0.321 e. The van der Waals surface area contributed by atoms with Crippen LogP contribution in [0.25, 0.3) is 0 Å². The number of aromatic nitrogens is 2. The van der Waals surface area contributed by atoms with Crippen LogP contribution in [0.15, 0.2) is 73.1 Å². The monoisotopic (exact) mass is 562 g/mol. The van der Waals surface area contributed by atoms with Gasteiger partial charge < -0.3 is 15.4 Å². The number of carbonyl (C=O) groups is 2. The van der Waals surface area contributed by atoms with Gasteiger partial charge in [-0.2, -0.15) is 0 Å². The normalized spacial score (nSPS) is 21.8. The predicted molar refractivity (Wildman–Crippen MR) is 145 cm³/mol. The molecule has 196 valence electrons. The lowest BCUT2D eigenvalue weighted by Crippen LogP contribution is -2.57. The Morgan fingerprint density at radius 2 is 1.72 bits per heavy atom. The smallest absolute Gasteiger partial charge is 0.321 e. The number of rotatable bonds is 4. The molecule has 0 bridgehead atoms. The molecule has 0 radical (unpaired) electrons. The first-order valence-corrected chi connectivity index (χ1v) is 12.9. The van der Waals surface area contributed by atoms with Gasteiger partial charge in [0.1, 0.15) is 17.0 Å². The summed E-state index contributed by atoms with van der Waals surface area (Å²) >= 11 is 12.8. The molecule has 6 rings (SSSR count). The minimum absolute atomic E-state index is 0.0628. The maximum atomic E-state index is 14.6. The van der Waals surface area contributed by atoms with Crippen LogP contribution in [0.2, 0.25) is 10.0 Å². The van der Waals surface area contributed by atoms with Crippen molar-refractivity contribution in [1.82, 2.24) is 15.3 Å². The molecule has 1 spiro atoms. The first kappa shape index (κ1) is 25.3. The number of nitrogens with zero attached hydrogens (tertiary/aromatic N) is 2. The number of piperidine rings is 1. The van der Waals surface area contributed by atoms with Crippen LogP contribution in [-0.2, 0) is 15.0 Å². The summed E-state index contributed by atoms with van der Waals surface area (Å²) in [6.45, 7) is 1.81. The highest BCUT2D eigenvalue weighted by atomic mass is 35.5. The molecule has 3 atom stereocenters. The second-order valence-corrected chi connectivity index (χ2v) is 10.5. The largest absolute Gasteiger partial charge is 0.424 e. The minimum atomic E-state index is -1.40. The highest BCUT2D eigenvalue weighted by Gasteiger charge is 2.62. The van der Waals surface area contributed by atoms with Crippen LogP contribution >= 0.6 is 23.2 Å². The zero-order valence-electron chi connectivity index (χ0n) is 20.5. The molecule has 10 heteroatoms. The van der Waals surface area contributed by atoms with Gasteiger partial charge in [0.2, 0.25) is 11.8 Å². The van der Waals surface area contributed by atoms with Crippen molar-refractivity contribution in [3.8, 4) is 11.8 Å². The number of carbonyl (C=O) groups excluding carboxylic acids is 2. The van der Waals surface area contributed by atoms with E-state index < -0.39 is 23.2 Å². The van der Waals surface area contributed by atoms with Crippen LogP contribution in [0.4, 0.5) is 10.1 Å². The molecular weight excluding hydrogens is 542 g/mol. The van der Waals surface area contributed by atoms with E-state index in [2.05, 4.69) is 20.6 Å². The lowest BCUT2D eigenvalue weighted by molar-refractivity contribution is -0.131. The van der Waals surface area contributed by atoms with E-state index in [1.807, 2.05) is 6.92 Å². The summed E-state index contributed by atoms with van der Waals surface area (Å²) < 4.78 is 20.7. The quantitative estimate of drug-likeness (QED) is 0.306. The Morgan fingerprint density at radius 1 is 0.974 bits per heavy atom. The summed E-state index contributed by atoms with van der Waals surface area (Å²) in [4.78, 5) is 35.9. The number of hydrogen-bond donors (Lipinski definition) is 2. The van der Waals surface area contributed by atoms with Gasteiger partial charge in [0.05, 0.1) is 6.04 Å². The van der Waals surface area contributed by atoms with Crippen LogP contribution in [0.1, 0.15) is 40.6 Å². The molecule has 1 fully saturated rings. The molecule has 2 amide bonds. The fourth-order valence-corrected chi connectivity index (χ4v) is 6.12. The standard InChI is InChI=1S/C29H21Cl2FN4O3/c1-15-3-6-18(32)13-19(15)26-29(21-7-4-17(31)12-23(21)35-27(29)38)22(14-25(37)36-26)20-11-16(30)5-8-24(20)39-28-33-9-2-10-34-28/h2-13,22,26H,14H2,1H3,(H,35,38)(H,36,37)/t22-,26+,29-/m1/s1. The molecule has 2 N–H and O–H groups in total. The Labute approximate surface area is 233 Å². The van der Waals surface area contributed by atoms with Crippen molar-refractivity contribution in [2.24, 2.45) is 0 Å². The number of ether oxygens (including phenoxy) is 1. The lowest BCUT2D eigenvalue weighted by Gasteiger charge is -2.47. The number of amides is 2. The third-order valence-electron chi connectivity index (χ3n) is 7.39. The first-order chi connectivity index (χ1) is 18.8. The average molecular weight is 563 g/mol. The molecule has 4 aromatic rings. The molecule has 0 unspecified atom stereocenters. The van der Waals surface area contributed by atoms with E-state index in [-0.39, 0.29) is 24.2 Å². The first-order valence-electron chi connectivity index (χ1n) is 12.2. The summed E-state index contributed by atoms with van der Waals surface area (Å²) in [7, 11) is 0. The fraction of sp³-hybridized carbons (Fsp3) is 0.172. The van der Waals surface area contributed by atoms with Gasteiger partial charge in [-0.05, 0) is 72.1 Å². The van der Waals surface area contributed by atoms with Gasteiger partial charge in [0.25, 0.3) is 0 Å². The highest BCUT2D eigenvalue weighted by Crippen LogP contribution is 2.59. The van der Waals surface area contributed by atoms with Crippen LogP contribution in [0.5, 0.6) is 11.8 Å². The number of nitrogens with one attached hydrogen (secondary N) is 2. The Bertz CT molecular complexity index is 1630. The summed E-state index contributed by atoms with van der Waals surface area (Å²) in [5.41, 5.74) is 1.47. The third kappa shape index (κ3) is 4.20. The zero-order chi connectivity index (χ0) is 27.3. The van der Waals surface area contributed by atoms with Crippen molar-refractivity contribution in [3.05, 3.63) is 111 Å². The Kier molecular flexibility index (Phi) is 6.24. The molecule has 7 nitrogen and oxygen atoms in total. The van der Waals surface area contributed by atoms with E-state index in [1.54, 1.807) is 60.9 Å². The van der Waals surface area contributed by atoms with Crippen LogP contribution in [-0.4, -0.2) is 21.8 Å². The molecule has 39 heavy (non-hydrogen) atoms.